The first-order chi connectivity index (χ1) is 10.2. The number of rotatable bonds is 8. The van der Waals surface area contributed by atoms with Gasteiger partial charge in [0.1, 0.15) is 0 Å². The summed E-state index contributed by atoms with van der Waals surface area (Å²) in [5.74, 6) is -0.0252. The summed E-state index contributed by atoms with van der Waals surface area (Å²) in [4.78, 5) is 16.0. The molecule has 1 aromatic carbocycles. The van der Waals surface area contributed by atoms with Gasteiger partial charge in [-0.1, -0.05) is 19.1 Å². The Morgan fingerprint density at radius 3 is 2.27 bits per heavy atom. The summed E-state index contributed by atoms with van der Waals surface area (Å²) in [7, 11) is 4.00. The molecule has 0 bridgehead atoms. The van der Waals surface area contributed by atoms with Crippen LogP contribution in [0.4, 0.5) is 5.69 Å². The maximum absolute atomic E-state index is 12.0. The zero-order valence-corrected chi connectivity index (χ0v) is 14.4. The highest BCUT2D eigenvalue weighted by atomic mass is 16.3. The van der Waals surface area contributed by atoms with Gasteiger partial charge in [-0.2, -0.15) is 0 Å². The zero-order valence-electron chi connectivity index (χ0n) is 14.4. The van der Waals surface area contributed by atoms with Crippen molar-refractivity contribution in [3.05, 3.63) is 29.8 Å². The highest BCUT2D eigenvalue weighted by Gasteiger charge is 2.18. The summed E-state index contributed by atoms with van der Waals surface area (Å²) in [6, 6.07) is 8.11. The second-order valence-corrected chi connectivity index (χ2v) is 6.45. The summed E-state index contributed by atoms with van der Waals surface area (Å²) in [6.45, 7) is 7.52. The minimum absolute atomic E-state index is 0.0252. The lowest BCUT2D eigenvalue weighted by atomic mass is 10.1. The van der Waals surface area contributed by atoms with E-state index in [4.69, 9.17) is 0 Å². The molecule has 0 atom stereocenters. The number of hydrogen-bond acceptors (Lipinski definition) is 4. The lowest BCUT2D eigenvalue weighted by Gasteiger charge is -2.27. The van der Waals surface area contributed by atoms with Crippen molar-refractivity contribution in [2.75, 3.05) is 38.6 Å². The predicted octanol–water partition coefficient (Wildman–Crippen LogP) is 1.46. The number of carbonyl (C=O) groups excluding carboxylic acids is 1. The molecule has 1 rings (SSSR count). The van der Waals surface area contributed by atoms with Crippen molar-refractivity contribution in [3.8, 4) is 0 Å². The Morgan fingerprint density at radius 2 is 1.82 bits per heavy atom. The molecule has 0 saturated carbocycles. The van der Waals surface area contributed by atoms with Gasteiger partial charge in [-0.05, 0) is 38.1 Å². The third-order valence-electron chi connectivity index (χ3n) is 3.37. The van der Waals surface area contributed by atoms with E-state index in [9.17, 15) is 9.90 Å². The van der Waals surface area contributed by atoms with Gasteiger partial charge < -0.3 is 15.3 Å². The Bertz CT molecular complexity index is 464. The molecule has 2 N–H and O–H groups in total. The van der Waals surface area contributed by atoms with Crippen molar-refractivity contribution in [3.63, 3.8) is 0 Å². The number of likely N-dealkylation sites (N-methyl/N-ethyl adjacent to an activating group) is 1. The molecule has 0 aliphatic carbocycles. The first-order valence-corrected chi connectivity index (χ1v) is 7.69. The second kappa shape index (κ2) is 8.15. The molecule has 124 valence electrons. The lowest BCUT2D eigenvalue weighted by Crippen LogP contribution is -2.43. The predicted molar refractivity (Wildman–Crippen MR) is 91.0 cm³/mol. The number of nitrogens with one attached hydrogen (secondary N) is 1. The lowest BCUT2D eigenvalue weighted by molar-refractivity contribution is -0.123. The number of hydrogen-bond donors (Lipinski definition) is 2. The van der Waals surface area contributed by atoms with E-state index in [2.05, 4.69) is 5.32 Å². The minimum Gasteiger partial charge on any atom is -0.389 e. The third-order valence-corrected chi connectivity index (χ3v) is 3.37. The maximum atomic E-state index is 12.0. The number of amides is 1. The molecule has 0 radical (unpaired) electrons. The van der Waals surface area contributed by atoms with Crippen LogP contribution in [-0.4, -0.2) is 55.2 Å². The molecule has 0 unspecified atom stereocenters. The minimum atomic E-state index is -0.793. The van der Waals surface area contributed by atoms with E-state index in [1.54, 1.807) is 13.8 Å². The Morgan fingerprint density at radius 1 is 1.23 bits per heavy atom. The van der Waals surface area contributed by atoms with E-state index in [0.717, 1.165) is 17.8 Å². The smallest absolute Gasteiger partial charge is 0.234 e. The molecule has 0 fully saturated rings. The van der Waals surface area contributed by atoms with Gasteiger partial charge in [-0.3, -0.25) is 9.69 Å². The van der Waals surface area contributed by atoms with Gasteiger partial charge in [0.25, 0.3) is 0 Å². The molecule has 0 heterocycles. The Labute approximate surface area is 133 Å². The van der Waals surface area contributed by atoms with Gasteiger partial charge in [0.05, 0.1) is 12.1 Å². The molecule has 0 spiro atoms. The monoisotopic (exact) mass is 307 g/mol. The van der Waals surface area contributed by atoms with Crippen LogP contribution in [0, 0.1) is 0 Å². The molecule has 0 aromatic heterocycles. The van der Waals surface area contributed by atoms with E-state index in [0.29, 0.717) is 19.6 Å². The van der Waals surface area contributed by atoms with Crippen LogP contribution in [0.1, 0.15) is 26.3 Å². The van der Waals surface area contributed by atoms with Crippen LogP contribution in [0.15, 0.2) is 24.3 Å². The van der Waals surface area contributed by atoms with Crippen molar-refractivity contribution < 1.29 is 9.90 Å². The van der Waals surface area contributed by atoms with Crippen molar-refractivity contribution in [2.24, 2.45) is 0 Å². The Balaban J connectivity index is 2.45. The summed E-state index contributed by atoms with van der Waals surface area (Å²) < 4.78 is 0. The average molecular weight is 307 g/mol. The fourth-order valence-electron chi connectivity index (χ4n) is 2.20. The van der Waals surface area contributed by atoms with Crippen LogP contribution in [0.5, 0.6) is 0 Å². The molecule has 1 aromatic rings. The number of aliphatic hydroxyl groups is 1. The Hall–Kier alpha value is -1.59. The van der Waals surface area contributed by atoms with Crippen molar-refractivity contribution >= 4 is 11.6 Å². The third kappa shape index (κ3) is 6.91. The van der Waals surface area contributed by atoms with Gasteiger partial charge >= 0.3 is 0 Å². The molecule has 5 heteroatoms. The molecular weight excluding hydrogens is 278 g/mol. The molecule has 0 saturated heterocycles. The summed E-state index contributed by atoms with van der Waals surface area (Å²) in [5.41, 5.74) is 1.42. The van der Waals surface area contributed by atoms with Crippen LogP contribution in [0.3, 0.4) is 0 Å². The van der Waals surface area contributed by atoms with E-state index < -0.39 is 5.60 Å². The summed E-state index contributed by atoms with van der Waals surface area (Å²) in [5, 5.41) is 12.8. The first kappa shape index (κ1) is 18.5. The van der Waals surface area contributed by atoms with Gasteiger partial charge in [0.2, 0.25) is 5.91 Å². The number of benzene rings is 1. The molecule has 0 aliphatic rings. The average Bonchev–Trinajstić information content (AvgIpc) is 2.43. The van der Waals surface area contributed by atoms with Gasteiger partial charge in [-0.25, -0.2) is 0 Å². The number of nitrogens with zero attached hydrogens (tertiary/aromatic N) is 2. The fourth-order valence-corrected chi connectivity index (χ4v) is 2.20. The van der Waals surface area contributed by atoms with Crippen molar-refractivity contribution in [1.29, 1.82) is 0 Å². The van der Waals surface area contributed by atoms with E-state index in [1.807, 2.05) is 55.1 Å². The van der Waals surface area contributed by atoms with Crippen LogP contribution in [0.25, 0.3) is 0 Å². The second-order valence-electron chi connectivity index (χ2n) is 6.45. The van der Waals surface area contributed by atoms with Gasteiger partial charge in [-0.15, -0.1) is 0 Å². The molecule has 22 heavy (non-hydrogen) atoms. The van der Waals surface area contributed by atoms with Crippen LogP contribution in [-0.2, 0) is 11.3 Å². The topological polar surface area (TPSA) is 55.8 Å². The van der Waals surface area contributed by atoms with Crippen LogP contribution < -0.4 is 10.2 Å². The first-order valence-electron chi connectivity index (χ1n) is 7.69. The maximum Gasteiger partial charge on any atom is 0.234 e. The van der Waals surface area contributed by atoms with Crippen LogP contribution in [0.2, 0.25) is 0 Å². The normalized spacial score (nSPS) is 11.6. The van der Waals surface area contributed by atoms with Gasteiger partial charge in [0, 0.05) is 32.9 Å². The van der Waals surface area contributed by atoms with E-state index in [-0.39, 0.29) is 5.91 Å². The van der Waals surface area contributed by atoms with Gasteiger partial charge in [0.15, 0.2) is 0 Å². The quantitative estimate of drug-likeness (QED) is 0.763. The largest absolute Gasteiger partial charge is 0.389 e. The van der Waals surface area contributed by atoms with E-state index >= 15 is 0 Å². The van der Waals surface area contributed by atoms with E-state index in [1.165, 1.54) is 0 Å². The zero-order chi connectivity index (χ0) is 16.8. The highest BCUT2D eigenvalue weighted by molar-refractivity contribution is 5.78. The number of anilines is 1. The van der Waals surface area contributed by atoms with Crippen molar-refractivity contribution in [2.45, 2.75) is 32.9 Å². The standard InChI is InChI=1S/C17H29N3O2/c1-6-20(13-17(2,3)22)12-16(21)18-11-14-7-9-15(10-8-14)19(4)5/h7-10,22H,6,11-13H2,1-5H3,(H,18,21). The van der Waals surface area contributed by atoms with Crippen molar-refractivity contribution in [1.82, 2.24) is 10.2 Å². The fraction of sp³-hybridized carbons (Fsp3) is 0.588. The molecule has 5 nitrogen and oxygen atoms in total. The summed E-state index contributed by atoms with van der Waals surface area (Å²) >= 11 is 0. The molecule has 1 amide bonds. The number of carbonyl (C=O) groups is 1. The molecule has 0 aliphatic heterocycles. The summed E-state index contributed by atoms with van der Waals surface area (Å²) in [6.07, 6.45) is 0. The Kier molecular flexibility index (Phi) is 6.84. The SMILES string of the molecule is CCN(CC(=O)NCc1ccc(N(C)C)cc1)CC(C)(C)O. The molecular formula is C17H29N3O2. The highest BCUT2D eigenvalue weighted by Crippen LogP contribution is 2.12. The van der Waals surface area contributed by atoms with Crippen LogP contribution >= 0.6 is 0 Å².